The quantitative estimate of drug-likeness (QED) is 0.548. The Hall–Kier alpha value is -2.58. The van der Waals surface area contributed by atoms with E-state index in [9.17, 15) is 9.59 Å². The normalized spacial score (nSPS) is 19.6. The highest BCUT2D eigenvalue weighted by Crippen LogP contribution is 2.34. The predicted octanol–water partition coefficient (Wildman–Crippen LogP) is 2.79. The first-order valence-electron chi connectivity index (χ1n) is 10.6. The Kier molecular flexibility index (Phi) is 7.92. The van der Waals surface area contributed by atoms with E-state index >= 15 is 0 Å². The Bertz CT molecular complexity index is 876. The van der Waals surface area contributed by atoms with E-state index in [0.717, 1.165) is 19.6 Å². The lowest BCUT2D eigenvalue weighted by atomic mass is 10.1. The fourth-order valence-corrected chi connectivity index (χ4v) is 4.18. The number of hydrogen-bond acceptors (Lipinski definition) is 6. The molecule has 3 rings (SSSR count). The highest BCUT2D eigenvalue weighted by atomic mass is 35.5. The molecular weight excluding hydrogens is 416 g/mol. The van der Waals surface area contributed by atoms with Crippen LogP contribution in [0.2, 0.25) is 5.02 Å². The number of nitrogens with zero attached hydrogens (tertiary/aromatic N) is 6. The number of hydrogen-bond donors (Lipinski definition) is 0. The molecule has 1 aromatic rings. The zero-order valence-electron chi connectivity index (χ0n) is 18.1. The van der Waals surface area contributed by atoms with Gasteiger partial charge < -0.3 is 9.80 Å². The first kappa shape index (κ1) is 23.1. The van der Waals surface area contributed by atoms with Crippen molar-refractivity contribution in [2.45, 2.75) is 39.2 Å². The van der Waals surface area contributed by atoms with Gasteiger partial charge in [0.1, 0.15) is 5.82 Å². The number of likely N-dealkylation sites (tertiary alicyclic amines) is 1. The highest BCUT2D eigenvalue weighted by molar-refractivity contribution is 6.30. The third-order valence-electron chi connectivity index (χ3n) is 5.66. The van der Waals surface area contributed by atoms with Crippen LogP contribution in [0.5, 0.6) is 0 Å². The lowest BCUT2D eigenvalue weighted by molar-refractivity contribution is -0.131. The van der Waals surface area contributed by atoms with E-state index in [1.807, 2.05) is 11.8 Å². The van der Waals surface area contributed by atoms with E-state index in [2.05, 4.69) is 26.6 Å². The lowest BCUT2D eigenvalue weighted by Gasteiger charge is -2.28. The fourth-order valence-electron chi connectivity index (χ4n) is 4.06. The molecule has 3 heterocycles. The number of pyridine rings is 1. The Labute approximate surface area is 188 Å². The molecule has 31 heavy (non-hydrogen) atoms. The summed E-state index contributed by atoms with van der Waals surface area (Å²) in [4.78, 5) is 44.6. The molecule has 2 amide bonds. The van der Waals surface area contributed by atoms with Crippen LogP contribution in [0.4, 0.5) is 5.82 Å². The number of carbonyl (C=O) groups is 2. The molecule has 2 aliphatic heterocycles. The number of aliphatic imine (C=N–C) groups is 2. The van der Waals surface area contributed by atoms with Gasteiger partial charge in [0, 0.05) is 32.0 Å². The largest absolute Gasteiger partial charge is 0.342 e. The molecule has 0 aliphatic carbocycles. The monoisotopic (exact) mass is 444 g/mol. The van der Waals surface area contributed by atoms with Crippen LogP contribution in [0.25, 0.3) is 0 Å². The summed E-state index contributed by atoms with van der Waals surface area (Å²) in [6.07, 6.45) is 5.59. The Morgan fingerprint density at radius 2 is 2.13 bits per heavy atom. The summed E-state index contributed by atoms with van der Waals surface area (Å²) in [6, 6.07) is 2.71. The molecule has 0 bridgehead atoms. The van der Waals surface area contributed by atoms with Crippen molar-refractivity contribution < 1.29 is 9.59 Å². The van der Waals surface area contributed by atoms with E-state index in [-0.39, 0.29) is 23.9 Å². The third-order valence-corrected chi connectivity index (χ3v) is 5.89. The molecule has 9 heteroatoms. The van der Waals surface area contributed by atoms with Gasteiger partial charge in [-0.2, -0.15) is 0 Å². The fraction of sp³-hybridized carbons (Fsp3) is 0.500. The SMILES string of the molecule is C=NC1=C(/N=C\C)[C@@H](CC(=O)N(CC)CCN2CCCC2)N(c2ccc(Cl)cn2)C1=O. The molecule has 1 atom stereocenters. The number of anilines is 1. The average Bonchev–Trinajstić information content (AvgIpc) is 3.36. The molecule has 1 fully saturated rings. The van der Waals surface area contributed by atoms with Crippen molar-refractivity contribution in [1.29, 1.82) is 0 Å². The number of amides is 2. The number of halogens is 1. The standard InChI is InChI=1S/C22H29ClN6O2/c1-4-25-20-17(14-19(30)28(5-2)13-12-27-10-6-7-11-27)29(22(31)21(20)24-3)18-9-8-16(23)15-26-18/h4,8-9,15,17H,3,5-7,10-14H2,1-2H3/b25-4-/t17-/m1/s1. The van der Waals surface area contributed by atoms with E-state index in [4.69, 9.17) is 11.6 Å². The maximum Gasteiger partial charge on any atom is 0.280 e. The molecule has 0 N–H and O–H groups in total. The van der Waals surface area contributed by atoms with Gasteiger partial charge in [-0.05, 0) is 58.6 Å². The van der Waals surface area contributed by atoms with Gasteiger partial charge in [-0.3, -0.25) is 24.5 Å². The second-order valence-corrected chi connectivity index (χ2v) is 7.97. The average molecular weight is 445 g/mol. The maximum atomic E-state index is 13.2. The molecule has 1 saturated heterocycles. The summed E-state index contributed by atoms with van der Waals surface area (Å²) >= 11 is 5.97. The van der Waals surface area contributed by atoms with Crippen molar-refractivity contribution in [3.05, 3.63) is 34.7 Å². The van der Waals surface area contributed by atoms with E-state index in [1.54, 1.807) is 25.3 Å². The van der Waals surface area contributed by atoms with Crippen molar-refractivity contribution >= 4 is 42.2 Å². The molecule has 0 radical (unpaired) electrons. The van der Waals surface area contributed by atoms with E-state index in [0.29, 0.717) is 29.6 Å². The Morgan fingerprint density at radius 3 is 2.71 bits per heavy atom. The van der Waals surface area contributed by atoms with Crippen LogP contribution in [0.3, 0.4) is 0 Å². The molecule has 166 valence electrons. The minimum Gasteiger partial charge on any atom is -0.342 e. The van der Waals surface area contributed by atoms with Gasteiger partial charge >= 0.3 is 0 Å². The van der Waals surface area contributed by atoms with Gasteiger partial charge in [-0.25, -0.2) is 4.98 Å². The first-order valence-corrected chi connectivity index (χ1v) is 11.0. The highest BCUT2D eigenvalue weighted by Gasteiger charge is 2.42. The van der Waals surface area contributed by atoms with Crippen LogP contribution in [-0.2, 0) is 9.59 Å². The zero-order valence-corrected chi connectivity index (χ0v) is 18.9. The van der Waals surface area contributed by atoms with Crippen LogP contribution >= 0.6 is 11.6 Å². The molecule has 1 aromatic heterocycles. The van der Waals surface area contributed by atoms with Gasteiger partial charge in [0.05, 0.1) is 23.2 Å². The second kappa shape index (κ2) is 10.6. The van der Waals surface area contributed by atoms with Crippen molar-refractivity contribution in [3.8, 4) is 0 Å². The van der Waals surface area contributed by atoms with Gasteiger partial charge in [-0.1, -0.05) is 11.6 Å². The summed E-state index contributed by atoms with van der Waals surface area (Å²) < 4.78 is 0. The topological polar surface area (TPSA) is 81.5 Å². The molecule has 0 spiro atoms. The summed E-state index contributed by atoms with van der Waals surface area (Å²) in [5.74, 6) is -0.00863. The van der Waals surface area contributed by atoms with Crippen molar-refractivity contribution in [3.63, 3.8) is 0 Å². The Morgan fingerprint density at radius 1 is 1.39 bits per heavy atom. The smallest absolute Gasteiger partial charge is 0.280 e. The van der Waals surface area contributed by atoms with Crippen LogP contribution in [0, 0.1) is 0 Å². The van der Waals surface area contributed by atoms with Crippen molar-refractivity contribution in [2.75, 3.05) is 37.6 Å². The van der Waals surface area contributed by atoms with E-state index < -0.39 is 6.04 Å². The van der Waals surface area contributed by atoms with Crippen LogP contribution < -0.4 is 4.90 Å². The van der Waals surface area contributed by atoms with Crippen LogP contribution in [0.15, 0.2) is 39.7 Å². The number of aromatic nitrogens is 1. The second-order valence-electron chi connectivity index (χ2n) is 7.53. The number of likely N-dealkylation sites (N-methyl/N-ethyl adjacent to an activating group) is 1. The van der Waals surface area contributed by atoms with Crippen molar-refractivity contribution in [2.24, 2.45) is 9.98 Å². The summed E-state index contributed by atoms with van der Waals surface area (Å²) in [5.41, 5.74) is 0.580. The van der Waals surface area contributed by atoms with E-state index in [1.165, 1.54) is 23.9 Å². The zero-order chi connectivity index (χ0) is 22.4. The van der Waals surface area contributed by atoms with Gasteiger partial charge in [0.2, 0.25) is 5.91 Å². The van der Waals surface area contributed by atoms with Gasteiger partial charge in [-0.15, -0.1) is 0 Å². The molecule has 0 unspecified atom stereocenters. The summed E-state index contributed by atoms with van der Waals surface area (Å²) in [7, 11) is 0. The Balaban J connectivity index is 1.84. The number of rotatable bonds is 9. The van der Waals surface area contributed by atoms with Crippen molar-refractivity contribution in [1.82, 2.24) is 14.8 Å². The van der Waals surface area contributed by atoms with Crippen LogP contribution in [0.1, 0.15) is 33.1 Å². The molecule has 8 nitrogen and oxygen atoms in total. The van der Waals surface area contributed by atoms with Gasteiger partial charge in [0.25, 0.3) is 5.91 Å². The minimum atomic E-state index is -0.605. The summed E-state index contributed by atoms with van der Waals surface area (Å²) in [6.45, 7) is 11.6. The van der Waals surface area contributed by atoms with Crippen LogP contribution in [-0.4, -0.2) is 78.3 Å². The molecule has 0 saturated carbocycles. The summed E-state index contributed by atoms with van der Waals surface area (Å²) in [5, 5.41) is 0.462. The first-order chi connectivity index (χ1) is 15.0. The number of carbonyl (C=O) groups excluding carboxylic acids is 2. The third kappa shape index (κ3) is 5.19. The van der Waals surface area contributed by atoms with Gasteiger partial charge in [0.15, 0.2) is 5.70 Å². The minimum absolute atomic E-state index is 0.0347. The molecular formula is C22H29ClN6O2. The predicted molar refractivity (Wildman–Crippen MR) is 124 cm³/mol. The maximum absolute atomic E-state index is 13.2. The molecule has 0 aromatic carbocycles. The lowest BCUT2D eigenvalue weighted by Crippen LogP contribution is -2.43. The molecule has 2 aliphatic rings.